The van der Waals surface area contributed by atoms with Crippen molar-refractivity contribution in [3.05, 3.63) is 95.6 Å². The molecule has 3 heteroatoms. The number of fused-ring (bicyclic) bond motifs is 1. The van der Waals surface area contributed by atoms with Gasteiger partial charge in [-0.25, -0.2) is 0 Å². The van der Waals surface area contributed by atoms with Gasteiger partial charge in [-0.2, -0.15) is 0 Å². The van der Waals surface area contributed by atoms with Crippen LogP contribution in [0.1, 0.15) is 16.7 Å². The minimum absolute atomic E-state index is 0.725. The van der Waals surface area contributed by atoms with Gasteiger partial charge in [-0.1, -0.05) is 48.5 Å². The maximum absolute atomic E-state index is 5.91. The van der Waals surface area contributed by atoms with Crippen LogP contribution >= 0.6 is 0 Å². The van der Waals surface area contributed by atoms with Crippen LogP contribution in [0.2, 0.25) is 0 Å². The van der Waals surface area contributed by atoms with Crippen LogP contribution in [0.25, 0.3) is 6.08 Å². The second-order valence-corrected chi connectivity index (χ2v) is 6.44. The van der Waals surface area contributed by atoms with Crippen LogP contribution in [0.3, 0.4) is 0 Å². The second kappa shape index (κ2) is 6.89. The molecule has 0 spiro atoms. The van der Waals surface area contributed by atoms with Gasteiger partial charge in [-0.15, -0.1) is 0 Å². The molecule has 0 amide bonds. The van der Waals surface area contributed by atoms with Crippen molar-refractivity contribution in [2.24, 2.45) is 4.99 Å². The third-order valence-electron chi connectivity index (χ3n) is 4.66. The molecule has 0 saturated carbocycles. The average molecular weight is 339 g/mol. The van der Waals surface area contributed by atoms with Gasteiger partial charge in [0.05, 0.1) is 12.3 Å². The van der Waals surface area contributed by atoms with Crippen molar-refractivity contribution in [3.63, 3.8) is 0 Å². The van der Waals surface area contributed by atoms with Crippen molar-refractivity contribution >= 4 is 28.8 Å². The molecule has 3 aromatic carbocycles. The highest BCUT2D eigenvalue weighted by Crippen LogP contribution is 2.29. The van der Waals surface area contributed by atoms with Crippen LogP contribution in [-0.4, -0.2) is 12.8 Å². The molecule has 1 heterocycles. The van der Waals surface area contributed by atoms with Crippen LogP contribution in [0.15, 0.2) is 83.9 Å². The molecule has 26 heavy (non-hydrogen) atoms. The third kappa shape index (κ3) is 3.24. The summed E-state index contributed by atoms with van der Waals surface area (Å²) in [6.45, 7) is 0.725. The summed E-state index contributed by atoms with van der Waals surface area (Å²) in [4.78, 5) is 6.84. The lowest BCUT2D eigenvalue weighted by molar-refractivity contribution is 1.10. The summed E-state index contributed by atoms with van der Waals surface area (Å²) in [6, 6.07) is 24.7. The molecule has 1 aliphatic rings. The highest BCUT2D eigenvalue weighted by molar-refractivity contribution is 6.13. The van der Waals surface area contributed by atoms with E-state index in [0.29, 0.717) is 0 Å². The molecule has 1 aliphatic heterocycles. The van der Waals surface area contributed by atoms with Crippen LogP contribution in [0, 0.1) is 0 Å². The molecule has 0 radical (unpaired) electrons. The Morgan fingerprint density at radius 1 is 0.885 bits per heavy atom. The maximum atomic E-state index is 5.91. The molecule has 3 aromatic rings. The molecule has 0 unspecified atom stereocenters. The Hall–Kier alpha value is -3.33. The maximum Gasteiger partial charge on any atom is 0.0654 e. The zero-order valence-electron chi connectivity index (χ0n) is 14.8. The van der Waals surface area contributed by atoms with E-state index in [1.165, 1.54) is 16.7 Å². The van der Waals surface area contributed by atoms with E-state index in [4.69, 9.17) is 10.7 Å². The minimum atomic E-state index is 0.725. The molecular formula is C23H21N3. The van der Waals surface area contributed by atoms with Gasteiger partial charge in [0, 0.05) is 29.7 Å². The van der Waals surface area contributed by atoms with E-state index in [0.717, 1.165) is 29.3 Å². The first-order valence-corrected chi connectivity index (χ1v) is 8.71. The Morgan fingerprint density at radius 2 is 1.69 bits per heavy atom. The lowest BCUT2D eigenvalue weighted by Crippen LogP contribution is -2.10. The van der Waals surface area contributed by atoms with E-state index in [2.05, 4.69) is 60.5 Å². The summed E-state index contributed by atoms with van der Waals surface area (Å²) in [5, 5.41) is 0. The van der Waals surface area contributed by atoms with Gasteiger partial charge in [0.2, 0.25) is 0 Å². The van der Waals surface area contributed by atoms with Crippen LogP contribution in [0.4, 0.5) is 17.1 Å². The lowest BCUT2D eigenvalue weighted by atomic mass is 10.0. The molecule has 0 aliphatic carbocycles. The number of benzene rings is 3. The highest BCUT2D eigenvalue weighted by Gasteiger charge is 2.15. The zero-order chi connectivity index (χ0) is 17.9. The molecule has 0 aromatic heterocycles. The van der Waals surface area contributed by atoms with Gasteiger partial charge in [-0.3, -0.25) is 4.99 Å². The van der Waals surface area contributed by atoms with E-state index >= 15 is 0 Å². The van der Waals surface area contributed by atoms with Crippen molar-refractivity contribution in [1.82, 2.24) is 0 Å². The van der Waals surface area contributed by atoms with Crippen molar-refractivity contribution in [3.8, 4) is 0 Å². The summed E-state index contributed by atoms with van der Waals surface area (Å²) in [5.41, 5.74) is 13.6. The Bertz CT molecular complexity index is 987. The molecule has 0 bridgehead atoms. The number of nitrogens with two attached hydrogens (primary N) is 1. The smallest absolute Gasteiger partial charge is 0.0654 e. The predicted octanol–water partition coefficient (Wildman–Crippen LogP) is 5.05. The van der Waals surface area contributed by atoms with Crippen LogP contribution in [-0.2, 0) is 6.54 Å². The fourth-order valence-corrected chi connectivity index (χ4v) is 3.19. The summed E-state index contributed by atoms with van der Waals surface area (Å²) in [7, 11) is 2.06. The van der Waals surface area contributed by atoms with E-state index in [9.17, 15) is 0 Å². The minimum Gasteiger partial charge on any atom is -0.399 e. The van der Waals surface area contributed by atoms with E-state index < -0.39 is 0 Å². The number of aliphatic imine (C=N–C) groups is 1. The van der Waals surface area contributed by atoms with Crippen molar-refractivity contribution in [1.29, 1.82) is 0 Å². The van der Waals surface area contributed by atoms with Crippen LogP contribution in [0.5, 0.6) is 0 Å². The normalized spacial score (nSPS) is 12.9. The first kappa shape index (κ1) is 16.2. The first-order valence-electron chi connectivity index (χ1n) is 8.71. The summed E-state index contributed by atoms with van der Waals surface area (Å²) in [6.07, 6.45) is 4.21. The van der Waals surface area contributed by atoms with Gasteiger partial charge in [0.15, 0.2) is 0 Å². The van der Waals surface area contributed by atoms with Gasteiger partial charge < -0.3 is 10.6 Å². The SMILES string of the molecule is CN(c1cccc(N)c1)c1ccc2c(c1)CN=C2/C=C/c1ccccc1. The zero-order valence-corrected chi connectivity index (χ0v) is 14.8. The molecule has 2 N–H and O–H groups in total. The fraction of sp³-hybridized carbons (Fsp3) is 0.0870. The number of hydrogen-bond acceptors (Lipinski definition) is 3. The summed E-state index contributed by atoms with van der Waals surface area (Å²) in [5.74, 6) is 0. The molecule has 3 nitrogen and oxygen atoms in total. The molecule has 0 atom stereocenters. The molecular weight excluding hydrogens is 318 g/mol. The monoisotopic (exact) mass is 339 g/mol. The Labute approximate surface area is 154 Å². The standard InChI is InChI=1S/C23H21N3/c1-26(20-9-5-8-19(24)15-20)21-11-12-22-18(14-21)16-25-23(22)13-10-17-6-3-2-4-7-17/h2-15H,16,24H2,1H3/b13-10+. The van der Waals surface area contributed by atoms with Gasteiger partial charge >= 0.3 is 0 Å². The van der Waals surface area contributed by atoms with Crippen molar-refractivity contribution in [2.45, 2.75) is 6.54 Å². The van der Waals surface area contributed by atoms with Gasteiger partial charge in [0.25, 0.3) is 0 Å². The van der Waals surface area contributed by atoms with Crippen LogP contribution < -0.4 is 10.6 Å². The topological polar surface area (TPSA) is 41.6 Å². The molecule has 128 valence electrons. The van der Waals surface area contributed by atoms with Crippen molar-refractivity contribution < 1.29 is 0 Å². The Balaban J connectivity index is 1.57. The highest BCUT2D eigenvalue weighted by atomic mass is 15.1. The molecule has 0 fully saturated rings. The third-order valence-corrected chi connectivity index (χ3v) is 4.66. The summed E-state index contributed by atoms with van der Waals surface area (Å²) >= 11 is 0. The van der Waals surface area contributed by atoms with Crippen molar-refractivity contribution in [2.75, 3.05) is 17.7 Å². The quantitative estimate of drug-likeness (QED) is 0.676. The lowest BCUT2D eigenvalue weighted by Gasteiger charge is -2.20. The van der Waals surface area contributed by atoms with Gasteiger partial charge in [-0.05, 0) is 47.5 Å². The fourth-order valence-electron chi connectivity index (χ4n) is 3.19. The Morgan fingerprint density at radius 3 is 2.50 bits per heavy atom. The number of hydrogen-bond donors (Lipinski definition) is 1. The molecule has 0 saturated heterocycles. The largest absolute Gasteiger partial charge is 0.399 e. The molecule has 4 rings (SSSR count). The second-order valence-electron chi connectivity index (χ2n) is 6.44. The average Bonchev–Trinajstić information content (AvgIpc) is 3.09. The number of nitrogen functional groups attached to an aromatic ring is 1. The number of allylic oxidation sites excluding steroid dienone is 1. The number of anilines is 3. The predicted molar refractivity (Wildman–Crippen MR) is 111 cm³/mol. The number of nitrogens with zero attached hydrogens (tertiary/aromatic N) is 2. The Kier molecular flexibility index (Phi) is 4.28. The van der Waals surface area contributed by atoms with E-state index in [1.54, 1.807) is 0 Å². The first-order chi connectivity index (χ1) is 12.7. The number of rotatable bonds is 4. The van der Waals surface area contributed by atoms with E-state index in [1.807, 2.05) is 36.4 Å². The summed E-state index contributed by atoms with van der Waals surface area (Å²) < 4.78 is 0. The van der Waals surface area contributed by atoms with E-state index in [-0.39, 0.29) is 0 Å². The van der Waals surface area contributed by atoms with Gasteiger partial charge in [0.1, 0.15) is 0 Å².